The summed E-state index contributed by atoms with van der Waals surface area (Å²) in [6.45, 7) is 5.29. The first kappa shape index (κ1) is 24.0. The van der Waals surface area contributed by atoms with Crippen molar-refractivity contribution < 1.29 is 13.5 Å². The van der Waals surface area contributed by atoms with Crippen LogP contribution < -0.4 is 5.56 Å². The van der Waals surface area contributed by atoms with Crippen LogP contribution in [-0.2, 0) is 23.9 Å². The Morgan fingerprint density at radius 3 is 2.38 bits per heavy atom. The highest BCUT2D eigenvalue weighted by Crippen LogP contribution is 2.33. The monoisotopic (exact) mass is 486 g/mol. The summed E-state index contributed by atoms with van der Waals surface area (Å²) in [6.07, 6.45) is 0. The Labute approximate surface area is 200 Å². The van der Waals surface area contributed by atoms with Gasteiger partial charge in [0.1, 0.15) is 11.1 Å². The molecule has 0 amide bonds. The molecule has 1 atom stereocenters. The molecule has 2 aromatic heterocycles. The van der Waals surface area contributed by atoms with E-state index in [-0.39, 0.29) is 29.4 Å². The lowest BCUT2D eigenvalue weighted by Gasteiger charge is -2.23. The van der Waals surface area contributed by atoms with Crippen LogP contribution >= 0.6 is 11.6 Å². The van der Waals surface area contributed by atoms with Crippen LogP contribution in [0.25, 0.3) is 11.0 Å². The predicted molar refractivity (Wildman–Crippen MR) is 127 cm³/mol. The molecule has 0 aliphatic carbocycles. The van der Waals surface area contributed by atoms with E-state index in [1.165, 1.54) is 12.1 Å². The molecule has 34 heavy (non-hydrogen) atoms. The van der Waals surface area contributed by atoms with E-state index in [0.717, 1.165) is 18.1 Å². The van der Waals surface area contributed by atoms with Crippen molar-refractivity contribution in [3.63, 3.8) is 0 Å². The molecular weight excluding hydrogens is 462 g/mol. The summed E-state index contributed by atoms with van der Waals surface area (Å²) in [7, 11) is 0. The van der Waals surface area contributed by atoms with Crippen LogP contribution in [0.1, 0.15) is 49.2 Å². The van der Waals surface area contributed by atoms with Crippen LogP contribution in [0.5, 0.6) is 0 Å². The van der Waals surface area contributed by atoms with Crippen molar-refractivity contribution in [2.75, 3.05) is 0 Å². The first-order valence-corrected chi connectivity index (χ1v) is 11.3. The van der Waals surface area contributed by atoms with Gasteiger partial charge in [0.15, 0.2) is 5.65 Å². The highest BCUT2D eigenvalue weighted by molar-refractivity contribution is 6.28. The number of fused-ring (bicyclic) bond motifs is 1. The van der Waals surface area contributed by atoms with Gasteiger partial charge in [-0.2, -0.15) is 10.1 Å². The van der Waals surface area contributed by atoms with Crippen LogP contribution in [0.15, 0.2) is 59.4 Å². The van der Waals surface area contributed by atoms with Gasteiger partial charge in [0.25, 0.3) is 11.5 Å². The minimum absolute atomic E-state index is 0.00837. The Bertz CT molecular complexity index is 1330. The molecular formula is C25H25ClF2N4O2. The molecule has 0 fully saturated rings. The van der Waals surface area contributed by atoms with E-state index in [9.17, 15) is 13.6 Å². The fourth-order valence-corrected chi connectivity index (χ4v) is 4.17. The first-order chi connectivity index (χ1) is 16.1. The summed E-state index contributed by atoms with van der Waals surface area (Å²) in [6, 6.07) is 15.4. The van der Waals surface area contributed by atoms with Crippen molar-refractivity contribution in [2.45, 2.75) is 45.9 Å². The van der Waals surface area contributed by atoms with E-state index >= 15 is 0 Å². The molecule has 4 rings (SSSR count). The molecule has 2 aromatic carbocycles. The van der Waals surface area contributed by atoms with Gasteiger partial charge in [-0.05, 0) is 28.6 Å². The molecule has 1 N–H and O–H groups in total. The molecule has 178 valence electrons. The number of hydrogen-bond donors (Lipinski definition) is 1. The fraction of sp³-hybridized carbons (Fsp3) is 0.320. The minimum atomic E-state index is -2.93. The van der Waals surface area contributed by atoms with Crippen molar-refractivity contribution in [3.8, 4) is 0 Å². The van der Waals surface area contributed by atoms with Gasteiger partial charge in [-0.3, -0.25) is 9.78 Å². The van der Waals surface area contributed by atoms with Crippen molar-refractivity contribution in [2.24, 2.45) is 5.92 Å². The molecule has 0 aliphatic heterocycles. The van der Waals surface area contributed by atoms with Crippen LogP contribution in [0, 0.1) is 5.92 Å². The van der Waals surface area contributed by atoms with Crippen LogP contribution in [-0.4, -0.2) is 19.7 Å². The number of nitrogens with one attached hydrogen (secondary N) is 1. The average molecular weight is 487 g/mol. The fourth-order valence-electron chi connectivity index (χ4n) is 4.00. The van der Waals surface area contributed by atoms with Crippen LogP contribution in [0.2, 0.25) is 5.28 Å². The van der Waals surface area contributed by atoms with E-state index in [1.54, 1.807) is 16.8 Å². The van der Waals surface area contributed by atoms with Crippen LogP contribution in [0.3, 0.4) is 0 Å². The van der Waals surface area contributed by atoms with Gasteiger partial charge in [-0.15, -0.1) is 0 Å². The number of nitrogens with zero attached hydrogens (tertiary/aromatic N) is 3. The zero-order valence-corrected chi connectivity index (χ0v) is 19.8. The maximum atomic E-state index is 13.7. The second-order valence-corrected chi connectivity index (χ2v) is 8.98. The van der Waals surface area contributed by atoms with E-state index in [1.807, 2.05) is 44.2 Å². The Kier molecular flexibility index (Phi) is 6.81. The van der Waals surface area contributed by atoms with Gasteiger partial charge in [0.2, 0.25) is 5.28 Å². The third-order valence-corrected chi connectivity index (χ3v) is 5.79. The van der Waals surface area contributed by atoms with Gasteiger partial charge < -0.3 is 4.74 Å². The quantitative estimate of drug-likeness (QED) is 0.317. The number of alkyl halides is 2. The summed E-state index contributed by atoms with van der Waals surface area (Å²) in [5, 5.41) is 4.93. The van der Waals surface area contributed by atoms with Gasteiger partial charge >= 0.3 is 0 Å². The summed E-state index contributed by atoms with van der Waals surface area (Å²) < 4.78 is 34.9. The minimum Gasteiger partial charge on any atom is -0.370 e. The number of H-pyrrole nitrogens is 1. The lowest BCUT2D eigenvalue weighted by molar-refractivity contribution is 0.0174. The van der Waals surface area contributed by atoms with Gasteiger partial charge in [0.05, 0.1) is 19.3 Å². The van der Waals surface area contributed by atoms with Gasteiger partial charge in [-0.1, -0.05) is 68.4 Å². The maximum absolute atomic E-state index is 13.7. The molecule has 1 unspecified atom stereocenters. The topological polar surface area (TPSA) is 72.8 Å². The Balaban J connectivity index is 1.74. The number of ether oxygens (including phenoxy) is 1. The molecule has 0 saturated heterocycles. The highest BCUT2D eigenvalue weighted by atomic mass is 35.5. The van der Waals surface area contributed by atoms with E-state index in [4.69, 9.17) is 21.4 Å². The Morgan fingerprint density at radius 1 is 1.09 bits per heavy atom. The number of rotatable bonds is 8. The smallest absolute Gasteiger partial charge is 0.270 e. The SMILES string of the molecule is CC(C)C(c1ccc(C(C)(F)F)cc1)n1nc(COCc2ccccc2)c2c(=O)[nH]c(Cl)nc21. The van der Waals surface area contributed by atoms with Crippen molar-refractivity contribution in [1.29, 1.82) is 0 Å². The Hall–Kier alpha value is -3.10. The highest BCUT2D eigenvalue weighted by Gasteiger charge is 2.28. The van der Waals surface area contributed by atoms with Crippen LogP contribution in [0.4, 0.5) is 8.78 Å². The molecule has 0 radical (unpaired) electrons. The summed E-state index contributed by atoms with van der Waals surface area (Å²) in [5.74, 6) is -2.93. The lowest BCUT2D eigenvalue weighted by atomic mass is 9.94. The summed E-state index contributed by atoms with van der Waals surface area (Å²) >= 11 is 6.07. The van der Waals surface area contributed by atoms with E-state index in [2.05, 4.69) is 9.97 Å². The number of halogens is 3. The van der Waals surface area contributed by atoms with Gasteiger partial charge in [0, 0.05) is 12.5 Å². The van der Waals surface area contributed by atoms with E-state index < -0.39 is 11.5 Å². The number of hydrogen-bond acceptors (Lipinski definition) is 4. The summed E-state index contributed by atoms with van der Waals surface area (Å²) in [4.78, 5) is 19.6. The van der Waals surface area contributed by atoms with Crippen molar-refractivity contribution in [1.82, 2.24) is 19.7 Å². The second kappa shape index (κ2) is 9.64. The number of benzene rings is 2. The molecule has 0 spiro atoms. The number of aromatic nitrogens is 4. The summed E-state index contributed by atoms with van der Waals surface area (Å²) in [5.41, 5.74) is 2.02. The Morgan fingerprint density at radius 2 is 1.76 bits per heavy atom. The molecule has 0 aliphatic rings. The predicted octanol–water partition coefficient (Wildman–Crippen LogP) is 5.85. The maximum Gasteiger partial charge on any atom is 0.270 e. The number of aromatic amines is 1. The second-order valence-electron chi connectivity index (χ2n) is 8.62. The van der Waals surface area contributed by atoms with Gasteiger partial charge in [-0.25, -0.2) is 13.5 Å². The lowest BCUT2D eigenvalue weighted by Crippen LogP contribution is -2.19. The third-order valence-electron chi connectivity index (χ3n) is 5.61. The normalized spacial score (nSPS) is 13.0. The largest absolute Gasteiger partial charge is 0.370 e. The molecule has 6 nitrogen and oxygen atoms in total. The first-order valence-electron chi connectivity index (χ1n) is 10.9. The molecule has 9 heteroatoms. The standard InChI is InChI=1S/C25H25ClF2N4O2/c1-15(2)21(17-9-11-18(12-10-17)25(3,27)28)32-22-20(23(33)30-24(26)29-22)19(31-32)14-34-13-16-7-5-4-6-8-16/h4-12,15,21H,13-14H2,1-3H3,(H,29,30,33). The molecule has 4 aromatic rings. The third kappa shape index (κ3) is 5.03. The molecule has 0 bridgehead atoms. The molecule has 2 heterocycles. The molecule has 0 saturated carbocycles. The van der Waals surface area contributed by atoms with Crippen molar-refractivity contribution in [3.05, 3.63) is 92.6 Å². The van der Waals surface area contributed by atoms with E-state index in [0.29, 0.717) is 23.3 Å². The average Bonchev–Trinajstić information content (AvgIpc) is 3.12. The van der Waals surface area contributed by atoms with Crippen molar-refractivity contribution >= 4 is 22.6 Å². The zero-order chi connectivity index (χ0) is 24.5. The zero-order valence-electron chi connectivity index (χ0n) is 19.1.